The van der Waals surface area contributed by atoms with Crippen LogP contribution in [0.1, 0.15) is 5.56 Å². The van der Waals surface area contributed by atoms with Gasteiger partial charge in [0.1, 0.15) is 24.3 Å². The summed E-state index contributed by atoms with van der Waals surface area (Å²) in [5.41, 5.74) is 5.49. The SMILES string of the molecule is Cc1ccc(F)c(-c2nc(N)nc(-n3cncn3)n2)c1F. The van der Waals surface area contributed by atoms with Crippen molar-refractivity contribution in [2.24, 2.45) is 0 Å². The van der Waals surface area contributed by atoms with E-state index in [0.29, 0.717) is 0 Å². The maximum atomic E-state index is 14.1. The molecule has 0 unspecified atom stereocenters. The fourth-order valence-corrected chi connectivity index (χ4v) is 1.77. The second-order valence-corrected chi connectivity index (χ2v) is 4.21. The molecule has 0 amide bonds. The first-order valence-electron chi connectivity index (χ1n) is 5.88. The molecule has 1 aromatic carbocycles. The van der Waals surface area contributed by atoms with E-state index in [-0.39, 0.29) is 28.8 Å². The lowest BCUT2D eigenvalue weighted by Gasteiger charge is -2.08. The van der Waals surface area contributed by atoms with Crippen molar-refractivity contribution in [2.45, 2.75) is 6.92 Å². The van der Waals surface area contributed by atoms with Crippen LogP contribution >= 0.6 is 0 Å². The van der Waals surface area contributed by atoms with Gasteiger partial charge in [-0.05, 0) is 18.6 Å². The lowest BCUT2D eigenvalue weighted by Crippen LogP contribution is -2.09. The molecule has 0 spiro atoms. The molecular weight excluding hydrogens is 280 g/mol. The number of anilines is 1. The number of nitrogen functional groups attached to an aromatic ring is 1. The summed E-state index contributed by atoms with van der Waals surface area (Å²) >= 11 is 0. The lowest BCUT2D eigenvalue weighted by molar-refractivity contribution is 0.581. The van der Waals surface area contributed by atoms with Crippen molar-refractivity contribution in [1.29, 1.82) is 0 Å². The van der Waals surface area contributed by atoms with Gasteiger partial charge in [0.25, 0.3) is 5.95 Å². The van der Waals surface area contributed by atoms with E-state index in [2.05, 4.69) is 25.0 Å². The zero-order chi connectivity index (χ0) is 15.0. The molecule has 2 N–H and O–H groups in total. The molecule has 0 aliphatic heterocycles. The molecule has 2 aromatic heterocycles. The fraction of sp³-hybridized carbons (Fsp3) is 0.0833. The van der Waals surface area contributed by atoms with Crippen LogP contribution in [0.4, 0.5) is 14.7 Å². The highest BCUT2D eigenvalue weighted by Gasteiger charge is 2.18. The number of aromatic nitrogens is 6. The van der Waals surface area contributed by atoms with E-state index >= 15 is 0 Å². The maximum absolute atomic E-state index is 14.1. The summed E-state index contributed by atoms with van der Waals surface area (Å²) in [5, 5.41) is 3.83. The third-order valence-corrected chi connectivity index (χ3v) is 2.77. The third-order valence-electron chi connectivity index (χ3n) is 2.77. The number of rotatable bonds is 2. The summed E-state index contributed by atoms with van der Waals surface area (Å²) in [5.74, 6) is -1.88. The van der Waals surface area contributed by atoms with Gasteiger partial charge in [-0.1, -0.05) is 6.07 Å². The molecule has 106 valence electrons. The summed E-state index contributed by atoms with van der Waals surface area (Å²) in [6.07, 6.45) is 2.61. The summed E-state index contributed by atoms with van der Waals surface area (Å²) in [4.78, 5) is 15.4. The molecule has 0 atom stereocenters. The molecular formula is C12H9F2N7. The van der Waals surface area contributed by atoms with E-state index < -0.39 is 11.6 Å². The van der Waals surface area contributed by atoms with Crippen LogP contribution in [0.15, 0.2) is 24.8 Å². The molecule has 3 rings (SSSR count). The average Bonchev–Trinajstić information content (AvgIpc) is 2.97. The molecule has 0 bridgehead atoms. The van der Waals surface area contributed by atoms with Crippen molar-refractivity contribution in [1.82, 2.24) is 29.7 Å². The Hall–Kier alpha value is -2.97. The van der Waals surface area contributed by atoms with Crippen LogP contribution in [0.3, 0.4) is 0 Å². The largest absolute Gasteiger partial charge is 0.368 e. The van der Waals surface area contributed by atoms with Crippen LogP contribution in [-0.4, -0.2) is 29.7 Å². The minimum Gasteiger partial charge on any atom is -0.368 e. The Labute approximate surface area is 117 Å². The summed E-state index contributed by atoms with van der Waals surface area (Å²) in [6.45, 7) is 1.52. The van der Waals surface area contributed by atoms with E-state index in [9.17, 15) is 8.78 Å². The number of nitrogens with zero attached hydrogens (tertiary/aromatic N) is 6. The van der Waals surface area contributed by atoms with Crippen molar-refractivity contribution in [3.05, 3.63) is 42.0 Å². The van der Waals surface area contributed by atoms with Gasteiger partial charge in [-0.15, -0.1) is 0 Å². The quantitative estimate of drug-likeness (QED) is 0.763. The van der Waals surface area contributed by atoms with E-state index in [0.717, 1.165) is 6.07 Å². The highest BCUT2D eigenvalue weighted by Crippen LogP contribution is 2.25. The predicted molar refractivity (Wildman–Crippen MR) is 69.2 cm³/mol. The van der Waals surface area contributed by atoms with Gasteiger partial charge in [0.2, 0.25) is 5.95 Å². The second kappa shape index (κ2) is 4.85. The number of nitrogens with two attached hydrogens (primary N) is 1. The van der Waals surface area contributed by atoms with Gasteiger partial charge in [0.15, 0.2) is 5.82 Å². The van der Waals surface area contributed by atoms with E-state index in [4.69, 9.17) is 5.73 Å². The fourth-order valence-electron chi connectivity index (χ4n) is 1.77. The van der Waals surface area contributed by atoms with Crippen LogP contribution in [0, 0.1) is 18.6 Å². The van der Waals surface area contributed by atoms with E-state index in [1.807, 2.05) is 0 Å². The Balaban J connectivity index is 2.23. The maximum Gasteiger partial charge on any atom is 0.257 e. The molecule has 7 nitrogen and oxygen atoms in total. The molecule has 0 aliphatic rings. The predicted octanol–water partition coefficient (Wildman–Crippen LogP) is 1.29. The van der Waals surface area contributed by atoms with Gasteiger partial charge in [-0.25, -0.2) is 13.8 Å². The van der Waals surface area contributed by atoms with Gasteiger partial charge in [-0.3, -0.25) is 0 Å². The van der Waals surface area contributed by atoms with Crippen LogP contribution in [0.2, 0.25) is 0 Å². The summed E-state index contributed by atoms with van der Waals surface area (Å²) < 4.78 is 29.3. The van der Waals surface area contributed by atoms with Crippen molar-refractivity contribution in [3.63, 3.8) is 0 Å². The van der Waals surface area contributed by atoms with E-state index in [1.54, 1.807) is 0 Å². The molecule has 2 heterocycles. The second-order valence-electron chi connectivity index (χ2n) is 4.21. The summed E-state index contributed by atoms with van der Waals surface area (Å²) in [7, 11) is 0. The van der Waals surface area contributed by atoms with Crippen molar-refractivity contribution in [3.8, 4) is 17.3 Å². The number of hydrogen-bond donors (Lipinski definition) is 1. The van der Waals surface area contributed by atoms with Crippen LogP contribution < -0.4 is 5.73 Å². The van der Waals surface area contributed by atoms with E-state index in [1.165, 1.54) is 30.3 Å². The average molecular weight is 289 g/mol. The van der Waals surface area contributed by atoms with Crippen molar-refractivity contribution < 1.29 is 8.78 Å². The minimum absolute atomic E-state index is 0.0234. The normalized spacial score (nSPS) is 10.8. The molecule has 9 heteroatoms. The van der Waals surface area contributed by atoms with Crippen molar-refractivity contribution in [2.75, 3.05) is 5.73 Å². The van der Waals surface area contributed by atoms with Crippen LogP contribution in [0.5, 0.6) is 0 Å². The Morgan fingerprint density at radius 3 is 2.67 bits per heavy atom. The molecule has 3 aromatic rings. The molecule has 0 fully saturated rings. The first kappa shape index (κ1) is 13.0. The smallest absolute Gasteiger partial charge is 0.257 e. The number of halogens is 2. The molecule has 0 radical (unpaired) electrons. The zero-order valence-electron chi connectivity index (χ0n) is 10.8. The Morgan fingerprint density at radius 2 is 1.95 bits per heavy atom. The molecule has 0 saturated carbocycles. The molecule has 0 aliphatic carbocycles. The molecule has 21 heavy (non-hydrogen) atoms. The van der Waals surface area contributed by atoms with Crippen LogP contribution in [0.25, 0.3) is 17.3 Å². The number of aryl methyl sites for hydroxylation is 1. The Kier molecular flexibility index (Phi) is 3.01. The first-order chi connectivity index (χ1) is 10.1. The topological polar surface area (TPSA) is 95.4 Å². The van der Waals surface area contributed by atoms with Gasteiger partial charge in [0.05, 0.1) is 5.56 Å². The highest BCUT2D eigenvalue weighted by molar-refractivity contribution is 5.59. The number of hydrogen-bond acceptors (Lipinski definition) is 6. The van der Waals surface area contributed by atoms with Gasteiger partial charge in [0, 0.05) is 0 Å². The monoisotopic (exact) mass is 289 g/mol. The van der Waals surface area contributed by atoms with Gasteiger partial charge in [-0.2, -0.15) is 24.7 Å². The van der Waals surface area contributed by atoms with Crippen LogP contribution in [-0.2, 0) is 0 Å². The summed E-state index contributed by atoms with van der Waals surface area (Å²) in [6, 6.07) is 2.47. The minimum atomic E-state index is -0.784. The first-order valence-corrected chi connectivity index (χ1v) is 5.88. The zero-order valence-corrected chi connectivity index (χ0v) is 10.8. The third kappa shape index (κ3) is 2.29. The van der Waals surface area contributed by atoms with Gasteiger partial charge >= 0.3 is 0 Å². The Bertz CT molecular complexity index is 802. The number of benzene rings is 1. The lowest BCUT2D eigenvalue weighted by atomic mass is 10.1. The Morgan fingerprint density at radius 1 is 1.14 bits per heavy atom. The van der Waals surface area contributed by atoms with Crippen molar-refractivity contribution >= 4 is 5.95 Å². The molecule has 0 saturated heterocycles. The highest BCUT2D eigenvalue weighted by atomic mass is 19.1. The van der Waals surface area contributed by atoms with Gasteiger partial charge < -0.3 is 5.73 Å². The standard InChI is InChI=1S/C12H9F2N7/c1-6-2-3-7(13)8(9(6)14)10-18-11(15)20-12(19-10)21-5-16-4-17-21/h2-5H,1H3,(H2,15,18,19,20).